The number of nitrogens with zero attached hydrogens (tertiary/aromatic N) is 1. The molecular formula is C12H10N2O3S. The van der Waals surface area contributed by atoms with Crippen LogP contribution in [-0.4, -0.2) is 21.4 Å². The van der Waals surface area contributed by atoms with Gasteiger partial charge >= 0.3 is 0 Å². The van der Waals surface area contributed by atoms with Crippen LogP contribution in [0.3, 0.4) is 0 Å². The van der Waals surface area contributed by atoms with Crippen molar-refractivity contribution in [2.45, 2.75) is 4.90 Å². The van der Waals surface area contributed by atoms with Crippen LogP contribution in [0.1, 0.15) is 10.5 Å². The summed E-state index contributed by atoms with van der Waals surface area (Å²) in [5.41, 5.74) is 0.544. The van der Waals surface area contributed by atoms with E-state index < -0.39 is 4.92 Å². The summed E-state index contributed by atoms with van der Waals surface area (Å²) < 4.78 is 0. The van der Waals surface area contributed by atoms with Crippen LogP contribution in [-0.2, 0) is 0 Å². The standard InChI is InChI=1S/C12H10N2O3S/c15-11(9-4-3-7-13-9)8-18-12-6-2-1-5-10(12)14(16)17/h1-7,13H,8H2. The van der Waals surface area contributed by atoms with E-state index in [2.05, 4.69) is 4.98 Å². The molecule has 0 spiro atoms. The molecule has 0 aliphatic heterocycles. The number of rotatable bonds is 5. The Hall–Kier alpha value is -2.08. The van der Waals surface area contributed by atoms with E-state index in [4.69, 9.17) is 0 Å². The molecule has 0 radical (unpaired) electrons. The van der Waals surface area contributed by atoms with Crippen molar-refractivity contribution in [3.8, 4) is 0 Å². The zero-order chi connectivity index (χ0) is 13.0. The van der Waals surface area contributed by atoms with Crippen LogP contribution in [0.25, 0.3) is 0 Å². The summed E-state index contributed by atoms with van der Waals surface area (Å²) in [7, 11) is 0. The molecule has 1 aromatic carbocycles. The number of H-pyrrole nitrogens is 1. The van der Waals surface area contributed by atoms with Crippen LogP contribution in [0.5, 0.6) is 0 Å². The van der Waals surface area contributed by atoms with Crippen LogP contribution in [0.4, 0.5) is 5.69 Å². The number of nitrogens with one attached hydrogen (secondary N) is 1. The van der Waals surface area contributed by atoms with Crippen LogP contribution < -0.4 is 0 Å². The lowest BCUT2D eigenvalue weighted by Crippen LogP contribution is -2.02. The summed E-state index contributed by atoms with van der Waals surface area (Å²) in [5, 5.41) is 10.8. The Kier molecular flexibility index (Phi) is 3.78. The summed E-state index contributed by atoms with van der Waals surface area (Å²) in [6.07, 6.45) is 1.67. The van der Waals surface area contributed by atoms with Gasteiger partial charge in [0.15, 0.2) is 5.78 Å². The first-order valence-electron chi connectivity index (χ1n) is 5.21. The molecule has 0 bridgehead atoms. The van der Waals surface area contributed by atoms with Gasteiger partial charge in [-0.3, -0.25) is 14.9 Å². The van der Waals surface area contributed by atoms with Gasteiger partial charge in [-0.15, -0.1) is 11.8 Å². The molecule has 6 heteroatoms. The quantitative estimate of drug-likeness (QED) is 0.389. The number of hydrogen-bond donors (Lipinski definition) is 1. The number of carbonyl (C=O) groups is 1. The van der Waals surface area contributed by atoms with Crippen molar-refractivity contribution in [3.05, 3.63) is 58.4 Å². The van der Waals surface area contributed by atoms with Crippen molar-refractivity contribution in [3.63, 3.8) is 0 Å². The molecule has 1 aromatic heterocycles. The molecule has 18 heavy (non-hydrogen) atoms. The Morgan fingerprint density at radius 3 is 2.72 bits per heavy atom. The van der Waals surface area contributed by atoms with Gasteiger partial charge in [-0.2, -0.15) is 0 Å². The van der Waals surface area contributed by atoms with E-state index >= 15 is 0 Å². The van der Waals surface area contributed by atoms with E-state index in [-0.39, 0.29) is 17.2 Å². The number of ketones is 1. The van der Waals surface area contributed by atoms with Gasteiger partial charge in [0.05, 0.1) is 21.3 Å². The van der Waals surface area contributed by atoms with E-state index in [1.54, 1.807) is 36.5 Å². The number of nitro benzene ring substituents is 1. The van der Waals surface area contributed by atoms with Crippen LogP contribution in [0.15, 0.2) is 47.5 Å². The number of aromatic amines is 1. The average molecular weight is 262 g/mol. The molecule has 0 saturated carbocycles. The smallest absolute Gasteiger partial charge is 0.282 e. The summed E-state index contributed by atoms with van der Waals surface area (Å²) in [4.78, 5) is 25.4. The number of thioether (sulfide) groups is 1. The number of carbonyl (C=O) groups excluding carboxylic acids is 1. The number of Topliss-reactive ketones (excluding diaryl/α,β-unsaturated/α-hetero) is 1. The van der Waals surface area contributed by atoms with Gasteiger partial charge in [0.2, 0.25) is 0 Å². The number of para-hydroxylation sites is 1. The fourth-order valence-electron chi connectivity index (χ4n) is 1.45. The molecule has 2 rings (SSSR count). The van der Waals surface area contributed by atoms with E-state index in [9.17, 15) is 14.9 Å². The Labute approximate surface area is 107 Å². The zero-order valence-corrected chi connectivity index (χ0v) is 10.1. The molecule has 0 fully saturated rings. The van der Waals surface area contributed by atoms with Gasteiger partial charge < -0.3 is 4.98 Å². The minimum Gasteiger partial charge on any atom is -0.359 e. The van der Waals surface area contributed by atoms with Crippen molar-refractivity contribution in [1.82, 2.24) is 4.98 Å². The van der Waals surface area contributed by atoms with Gasteiger partial charge in [0.25, 0.3) is 5.69 Å². The lowest BCUT2D eigenvalue weighted by atomic mass is 10.3. The predicted molar refractivity (Wildman–Crippen MR) is 68.9 cm³/mol. The van der Waals surface area contributed by atoms with E-state index in [1.807, 2.05) is 0 Å². The van der Waals surface area contributed by atoms with Gasteiger partial charge in [-0.25, -0.2) is 0 Å². The normalized spacial score (nSPS) is 10.2. The topological polar surface area (TPSA) is 76.0 Å². The number of nitro groups is 1. The monoisotopic (exact) mass is 262 g/mol. The summed E-state index contributed by atoms with van der Waals surface area (Å²) in [5.74, 6) is 0.0916. The Morgan fingerprint density at radius 1 is 1.28 bits per heavy atom. The fraction of sp³-hybridized carbons (Fsp3) is 0.0833. The summed E-state index contributed by atoms with van der Waals surface area (Å²) in [6, 6.07) is 9.82. The number of benzene rings is 1. The lowest BCUT2D eigenvalue weighted by molar-refractivity contribution is -0.387. The molecule has 5 nitrogen and oxygen atoms in total. The molecule has 0 aliphatic rings. The van der Waals surface area contributed by atoms with Crippen molar-refractivity contribution >= 4 is 23.2 Å². The van der Waals surface area contributed by atoms with Gasteiger partial charge in [0.1, 0.15) is 0 Å². The lowest BCUT2D eigenvalue weighted by Gasteiger charge is -2.01. The summed E-state index contributed by atoms with van der Waals surface area (Å²) in [6.45, 7) is 0. The Balaban J connectivity index is 2.07. The Morgan fingerprint density at radius 2 is 2.06 bits per heavy atom. The highest BCUT2D eigenvalue weighted by molar-refractivity contribution is 8.00. The highest BCUT2D eigenvalue weighted by atomic mass is 32.2. The summed E-state index contributed by atoms with van der Waals surface area (Å²) >= 11 is 1.17. The maximum atomic E-state index is 11.7. The third kappa shape index (κ3) is 2.78. The molecule has 92 valence electrons. The minimum absolute atomic E-state index is 0.0294. The van der Waals surface area contributed by atoms with Crippen LogP contribution in [0, 0.1) is 10.1 Å². The molecule has 1 N–H and O–H groups in total. The maximum absolute atomic E-state index is 11.7. The molecule has 2 aromatic rings. The highest BCUT2D eigenvalue weighted by Crippen LogP contribution is 2.28. The predicted octanol–water partition coefficient (Wildman–Crippen LogP) is 2.90. The van der Waals surface area contributed by atoms with E-state index in [1.165, 1.54) is 17.8 Å². The van der Waals surface area contributed by atoms with Crippen molar-refractivity contribution in [1.29, 1.82) is 0 Å². The average Bonchev–Trinajstić information content (AvgIpc) is 2.90. The number of aromatic nitrogens is 1. The van der Waals surface area contributed by atoms with Crippen LogP contribution in [0.2, 0.25) is 0 Å². The van der Waals surface area contributed by atoms with E-state index in [0.29, 0.717) is 10.6 Å². The van der Waals surface area contributed by atoms with Crippen LogP contribution >= 0.6 is 11.8 Å². The third-order valence-corrected chi connectivity index (χ3v) is 3.38. The Bertz CT molecular complexity index is 566. The van der Waals surface area contributed by atoms with Gasteiger partial charge in [0, 0.05) is 12.3 Å². The van der Waals surface area contributed by atoms with E-state index in [0.717, 1.165) is 0 Å². The van der Waals surface area contributed by atoms with Gasteiger partial charge in [-0.05, 0) is 18.2 Å². The highest BCUT2D eigenvalue weighted by Gasteiger charge is 2.15. The van der Waals surface area contributed by atoms with Gasteiger partial charge in [-0.1, -0.05) is 12.1 Å². The zero-order valence-electron chi connectivity index (χ0n) is 9.33. The molecule has 0 atom stereocenters. The molecule has 0 saturated heterocycles. The first-order valence-corrected chi connectivity index (χ1v) is 6.20. The molecule has 0 amide bonds. The van der Waals surface area contributed by atoms with Crippen molar-refractivity contribution in [2.24, 2.45) is 0 Å². The third-order valence-electron chi connectivity index (χ3n) is 2.32. The SMILES string of the molecule is O=C(CSc1ccccc1[N+](=O)[O-])c1ccc[nH]1. The second kappa shape index (κ2) is 5.50. The first kappa shape index (κ1) is 12.4. The molecule has 0 unspecified atom stereocenters. The maximum Gasteiger partial charge on any atom is 0.282 e. The second-order valence-corrected chi connectivity index (χ2v) is 4.54. The van der Waals surface area contributed by atoms with Crippen molar-refractivity contribution in [2.75, 3.05) is 5.75 Å². The molecular weight excluding hydrogens is 252 g/mol. The number of hydrogen-bond acceptors (Lipinski definition) is 4. The molecule has 0 aliphatic carbocycles. The first-order chi connectivity index (χ1) is 8.68. The minimum atomic E-state index is -0.443. The fourth-order valence-corrected chi connectivity index (χ4v) is 2.36. The largest absolute Gasteiger partial charge is 0.359 e. The molecule has 1 heterocycles. The van der Waals surface area contributed by atoms with Crippen molar-refractivity contribution < 1.29 is 9.72 Å². The second-order valence-electron chi connectivity index (χ2n) is 3.52.